The molecule has 0 N–H and O–H groups in total. The van der Waals surface area contributed by atoms with Crippen LogP contribution in [0.2, 0.25) is 0 Å². The van der Waals surface area contributed by atoms with Crippen LogP contribution in [-0.2, 0) is 5.41 Å². The molecular formula is C48H38ClN3O7. The quantitative estimate of drug-likeness (QED) is 0.110. The molecule has 294 valence electrons. The lowest BCUT2D eigenvalue weighted by Crippen LogP contribution is -2.68. The highest BCUT2D eigenvalue weighted by Crippen LogP contribution is 2.40. The number of pyridine rings is 1. The van der Waals surface area contributed by atoms with Crippen molar-refractivity contribution in [2.75, 3.05) is 7.05 Å². The van der Waals surface area contributed by atoms with E-state index in [4.69, 9.17) is 18.6 Å². The summed E-state index contributed by atoms with van der Waals surface area (Å²) in [7, 11) is -2.86. The molecule has 0 saturated carbocycles. The van der Waals surface area contributed by atoms with E-state index in [2.05, 4.69) is 96.8 Å². The summed E-state index contributed by atoms with van der Waals surface area (Å²) in [4.78, 5) is 11.1. The Labute approximate surface area is 343 Å². The Morgan fingerprint density at radius 1 is 0.593 bits per heavy atom. The molecule has 2 heterocycles. The molecule has 6 aromatic carbocycles. The van der Waals surface area contributed by atoms with E-state index in [-0.39, 0.29) is 21.8 Å². The van der Waals surface area contributed by atoms with Crippen LogP contribution in [0, 0.1) is 20.4 Å². The summed E-state index contributed by atoms with van der Waals surface area (Å²) >= 11 is 0. The second kappa shape index (κ2) is 16.6. The van der Waals surface area contributed by atoms with Gasteiger partial charge < -0.3 is 5.11 Å². The van der Waals surface area contributed by atoms with Crippen LogP contribution >= 0.6 is 0 Å². The first kappa shape index (κ1) is 40.4. The lowest BCUT2D eigenvalue weighted by Gasteiger charge is -2.20. The second-order valence-corrected chi connectivity index (χ2v) is 15.2. The Morgan fingerprint density at radius 2 is 1.08 bits per heavy atom. The van der Waals surface area contributed by atoms with Crippen LogP contribution in [0.25, 0.3) is 56.5 Å². The van der Waals surface area contributed by atoms with Gasteiger partial charge in [0.05, 0.1) is 10.3 Å². The van der Waals surface area contributed by atoms with Gasteiger partial charge in [-0.3, -0.25) is 10.1 Å². The van der Waals surface area contributed by atoms with Crippen molar-refractivity contribution in [2.45, 2.75) is 19.3 Å². The maximum absolute atomic E-state index is 14.5. The van der Waals surface area contributed by atoms with Crippen LogP contribution in [0.15, 0.2) is 170 Å². The number of rotatable bonds is 8. The standard InChI is InChI=1S/C48H38N3O3.ClHO4/c1-48(2)42-21-13-14-22-43(42)49(3)46(48)28-25-37-29-40(32-41(47(37)52)34-15-7-4-8-16-34)50-44(35-17-9-5-10-18-35)30-38(31-45(50)36-19-11-6-12-20-36)33-23-26-39(27-24-33)51(53)54;2-1(3,4)5/h4-32H,1-3H3;(H,2,3,4,5)/q+1;/p-1. The van der Waals surface area contributed by atoms with E-state index in [0.717, 1.165) is 56.3 Å². The first-order valence-corrected chi connectivity index (χ1v) is 19.8. The number of benzene rings is 6. The molecule has 0 aliphatic carbocycles. The Balaban J connectivity index is 0.000000997. The van der Waals surface area contributed by atoms with E-state index in [9.17, 15) is 15.2 Å². The molecule has 0 unspecified atom stereocenters. The summed E-state index contributed by atoms with van der Waals surface area (Å²) in [6.45, 7) is 4.44. The molecule has 1 aliphatic heterocycles. The molecule has 7 aromatic rings. The minimum Gasteiger partial charge on any atom is -0.872 e. The molecule has 0 saturated heterocycles. The van der Waals surface area contributed by atoms with Crippen molar-refractivity contribution in [1.82, 2.24) is 0 Å². The summed E-state index contributed by atoms with van der Waals surface area (Å²) in [6.07, 6.45) is 4.06. The lowest BCUT2D eigenvalue weighted by molar-refractivity contribution is -2.00. The Kier molecular flexibility index (Phi) is 11.4. The first-order chi connectivity index (χ1) is 28.2. The fourth-order valence-electron chi connectivity index (χ4n) is 7.65. The van der Waals surface area contributed by atoms with Crippen LogP contribution in [0.5, 0.6) is 5.75 Å². The van der Waals surface area contributed by atoms with Gasteiger partial charge in [-0.2, -0.15) is 9.14 Å². The van der Waals surface area contributed by atoms with E-state index in [0.29, 0.717) is 11.1 Å². The molecule has 10 nitrogen and oxygen atoms in total. The largest absolute Gasteiger partial charge is 0.872 e. The van der Waals surface area contributed by atoms with Crippen molar-refractivity contribution in [1.29, 1.82) is 0 Å². The van der Waals surface area contributed by atoms with Crippen molar-refractivity contribution in [3.63, 3.8) is 0 Å². The van der Waals surface area contributed by atoms with Crippen molar-refractivity contribution in [3.8, 4) is 56.2 Å². The number of non-ortho nitro benzene ring substituents is 1. The number of hydrogen-bond acceptors (Lipinski definition) is 7. The molecule has 0 fully saturated rings. The monoisotopic (exact) mass is 803 g/mol. The molecular weight excluding hydrogens is 766 g/mol. The second-order valence-electron chi connectivity index (χ2n) is 14.5. The number of para-hydroxylation sites is 1. The minimum atomic E-state index is -4.94. The van der Waals surface area contributed by atoms with Crippen LogP contribution in [0.1, 0.15) is 25.0 Å². The fourth-order valence-corrected chi connectivity index (χ4v) is 7.65. The third-order valence-corrected chi connectivity index (χ3v) is 10.4. The number of halogens is 1. The van der Waals surface area contributed by atoms with Gasteiger partial charge in [-0.15, -0.1) is 10.2 Å². The van der Waals surface area contributed by atoms with Crippen molar-refractivity contribution in [2.24, 2.45) is 0 Å². The van der Waals surface area contributed by atoms with Gasteiger partial charge in [0, 0.05) is 65.2 Å². The van der Waals surface area contributed by atoms with Gasteiger partial charge in [0.25, 0.3) is 5.69 Å². The molecule has 0 atom stereocenters. The first-order valence-electron chi connectivity index (χ1n) is 18.6. The predicted octanol–water partition coefficient (Wildman–Crippen LogP) is 5.58. The highest BCUT2D eigenvalue weighted by Gasteiger charge is 2.42. The number of fused-ring (bicyclic) bond motifs is 1. The SMILES string of the molecule is C[N+]1=C(/C=C\c2cc(-[n+]3c(-c4ccccc4)cc(-c4ccc([N+](=O)[O-])cc4)cc3-c3ccccc3)cc(-c3ccccc3)c2[O-])C(C)(C)c2ccccc21.[O-][Cl+3]([O-])([O-])[O-]. The van der Waals surface area contributed by atoms with Gasteiger partial charge in [0.2, 0.25) is 22.8 Å². The van der Waals surface area contributed by atoms with E-state index < -0.39 is 10.2 Å². The van der Waals surface area contributed by atoms with Gasteiger partial charge >= 0.3 is 0 Å². The van der Waals surface area contributed by atoms with Crippen LogP contribution in [-0.4, -0.2) is 22.3 Å². The number of hydrogen-bond donors (Lipinski definition) is 0. The number of nitro groups is 1. The summed E-state index contributed by atoms with van der Waals surface area (Å²) < 4.78 is 38.4. The zero-order valence-electron chi connectivity index (χ0n) is 32.3. The third-order valence-electron chi connectivity index (χ3n) is 10.4. The van der Waals surface area contributed by atoms with Crippen LogP contribution in [0.4, 0.5) is 11.4 Å². The summed E-state index contributed by atoms with van der Waals surface area (Å²) in [5, 5.41) is 26.0. The van der Waals surface area contributed by atoms with Gasteiger partial charge in [-0.05, 0) is 84.1 Å². The zero-order valence-corrected chi connectivity index (χ0v) is 33.1. The van der Waals surface area contributed by atoms with Crippen LogP contribution in [0.3, 0.4) is 0 Å². The maximum Gasteiger partial charge on any atom is 0.269 e. The number of nitro benzene ring substituents is 1. The highest BCUT2D eigenvalue weighted by atomic mass is 35.7. The summed E-state index contributed by atoms with van der Waals surface area (Å²) in [5.41, 5.74) is 11.7. The smallest absolute Gasteiger partial charge is 0.269 e. The van der Waals surface area contributed by atoms with Crippen LogP contribution < -0.4 is 28.3 Å². The molecule has 1 aliphatic rings. The molecule has 0 bridgehead atoms. The van der Waals surface area contributed by atoms with E-state index >= 15 is 0 Å². The van der Waals surface area contributed by atoms with Crippen molar-refractivity contribution < 1.29 is 48.1 Å². The number of allylic oxidation sites excluding steroid dienone is 1. The predicted molar refractivity (Wildman–Crippen MR) is 215 cm³/mol. The summed E-state index contributed by atoms with van der Waals surface area (Å²) in [6, 6.07) is 53.5. The van der Waals surface area contributed by atoms with Gasteiger partial charge in [0.15, 0.2) is 5.71 Å². The molecule has 0 radical (unpaired) electrons. The normalized spacial score (nSPS) is 13.2. The van der Waals surface area contributed by atoms with Gasteiger partial charge in [-0.1, -0.05) is 90.7 Å². The fraction of sp³-hybridized carbons (Fsp3) is 0.0833. The van der Waals surface area contributed by atoms with E-state index in [1.54, 1.807) is 12.1 Å². The van der Waals surface area contributed by atoms with E-state index in [1.807, 2.05) is 84.9 Å². The molecule has 59 heavy (non-hydrogen) atoms. The van der Waals surface area contributed by atoms with Crippen molar-refractivity contribution >= 4 is 23.2 Å². The Bertz CT molecular complexity index is 2650. The van der Waals surface area contributed by atoms with E-state index in [1.165, 1.54) is 17.7 Å². The molecule has 11 heteroatoms. The van der Waals surface area contributed by atoms with Gasteiger partial charge in [-0.25, -0.2) is 18.6 Å². The molecule has 1 aromatic heterocycles. The lowest BCUT2D eigenvalue weighted by atomic mass is 9.81. The highest BCUT2D eigenvalue weighted by molar-refractivity contribution is 6.05. The number of nitrogens with zero attached hydrogens (tertiary/aromatic N) is 3. The Morgan fingerprint density at radius 3 is 1.59 bits per heavy atom. The molecule has 8 rings (SSSR count). The van der Waals surface area contributed by atoms with Crippen molar-refractivity contribution in [3.05, 3.63) is 191 Å². The number of aromatic nitrogens is 1. The molecule has 0 amide bonds. The topological polar surface area (TPSA) is 165 Å². The zero-order chi connectivity index (χ0) is 41.9. The average Bonchev–Trinajstić information content (AvgIpc) is 3.43. The maximum atomic E-state index is 14.5. The van der Waals surface area contributed by atoms with Gasteiger partial charge in [0.1, 0.15) is 7.05 Å². The molecule has 0 spiro atoms. The third kappa shape index (κ3) is 8.73. The average molecular weight is 804 g/mol. The summed E-state index contributed by atoms with van der Waals surface area (Å²) in [5.74, 6) is -0.0524. The Hall–Kier alpha value is -6.79. The minimum absolute atomic E-state index is 0.0391.